The van der Waals surface area contributed by atoms with Crippen LogP contribution in [-0.2, 0) is 9.59 Å². The van der Waals surface area contributed by atoms with Crippen LogP contribution in [0, 0.1) is 6.92 Å². The van der Waals surface area contributed by atoms with E-state index in [1.54, 1.807) is 16.8 Å². The molecule has 5 heteroatoms. The van der Waals surface area contributed by atoms with Crippen LogP contribution in [0.15, 0.2) is 24.3 Å². The molecule has 102 valence electrons. The molecule has 1 aromatic rings. The Labute approximate surface area is 112 Å². The molecule has 1 atom stereocenters. The van der Waals surface area contributed by atoms with Gasteiger partial charge in [0.15, 0.2) is 0 Å². The van der Waals surface area contributed by atoms with Crippen molar-refractivity contribution in [2.24, 2.45) is 0 Å². The zero-order chi connectivity index (χ0) is 14.0. The zero-order valence-corrected chi connectivity index (χ0v) is 11.2. The van der Waals surface area contributed by atoms with Crippen LogP contribution in [0.25, 0.3) is 0 Å². The number of hydrogen-bond donors (Lipinski definition) is 1. The molecule has 0 spiro atoms. The van der Waals surface area contributed by atoms with Gasteiger partial charge in [-0.15, -0.1) is 0 Å². The summed E-state index contributed by atoms with van der Waals surface area (Å²) in [5.41, 5.74) is 1.88. The Balaban J connectivity index is 2.28. The van der Waals surface area contributed by atoms with E-state index in [0.717, 1.165) is 11.3 Å². The Bertz CT molecular complexity index is 484. The Morgan fingerprint density at radius 2 is 2.05 bits per heavy atom. The Hall–Kier alpha value is -2.04. The molecule has 0 bridgehead atoms. The number of rotatable bonds is 4. The van der Waals surface area contributed by atoms with E-state index in [9.17, 15) is 9.59 Å². The van der Waals surface area contributed by atoms with Crippen LogP contribution >= 0.6 is 0 Å². The number of nitrogens with zero attached hydrogens (tertiary/aromatic N) is 2. The van der Waals surface area contributed by atoms with E-state index in [2.05, 4.69) is 0 Å². The number of aliphatic carboxylic acids is 1. The van der Waals surface area contributed by atoms with Gasteiger partial charge in [0, 0.05) is 19.3 Å². The Kier molecular flexibility index (Phi) is 3.74. The summed E-state index contributed by atoms with van der Waals surface area (Å²) in [4.78, 5) is 26.4. The first-order valence-electron chi connectivity index (χ1n) is 6.29. The van der Waals surface area contributed by atoms with Gasteiger partial charge < -0.3 is 14.9 Å². The molecule has 0 aliphatic carbocycles. The average Bonchev–Trinajstić information content (AvgIpc) is 2.68. The molecule has 1 aliphatic rings. The molecule has 1 unspecified atom stereocenters. The summed E-state index contributed by atoms with van der Waals surface area (Å²) in [6, 6.07) is 7.21. The van der Waals surface area contributed by atoms with Gasteiger partial charge in [-0.2, -0.15) is 0 Å². The third kappa shape index (κ3) is 2.86. The number of carboxylic acids is 1. The number of anilines is 1. The highest BCUT2D eigenvalue weighted by Crippen LogP contribution is 2.23. The molecule has 1 fully saturated rings. The summed E-state index contributed by atoms with van der Waals surface area (Å²) in [6.07, 6.45) is 0.663. The number of amides is 1. The van der Waals surface area contributed by atoms with Gasteiger partial charge in [0.05, 0.1) is 0 Å². The van der Waals surface area contributed by atoms with Crippen molar-refractivity contribution in [2.45, 2.75) is 19.4 Å². The summed E-state index contributed by atoms with van der Waals surface area (Å²) in [5.74, 6) is -0.940. The first kappa shape index (κ1) is 13.4. The fourth-order valence-corrected chi connectivity index (χ4v) is 2.36. The SMILES string of the molecule is Cc1ccc(N(CC(=O)O)C2CCN(C)C2=O)cc1. The molecule has 0 aromatic heterocycles. The maximum Gasteiger partial charge on any atom is 0.323 e. The van der Waals surface area contributed by atoms with Crippen LogP contribution in [0.1, 0.15) is 12.0 Å². The zero-order valence-electron chi connectivity index (χ0n) is 11.2. The van der Waals surface area contributed by atoms with Crippen LogP contribution in [0.2, 0.25) is 0 Å². The monoisotopic (exact) mass is 262 g/mol. The third-order valence-electron chi connectivity index (χ3n) is 3.45. The number of carbonyl (C=O) groups is 2. The fourth-order valence-electron chi connectivity index (χ4n) is 2.36. The van der Waals surface area contributed by atoms with Gasteiger partial charge in [-0.25, -0.2) is 0 Å². The summed E-state index contributed by atoms with van der Waals surface area (Å²) < 4.78 is 0. The molecule has 2 rings (SSSR count). The van der Waals surface area contributed by atoms with Gasteiger partial charge >= 0.3 is 5.97 Å². The topological polar surface area (TPSA) is 60.9 Å². The normalized spacial score (nSPS) is 18.7. The molecule has 5 nitrogen and oxygen atoms in total. The van der Waals surface area contributed by atoms with E-state index in [4.69, 9.17) is 5.11 Å². The van der Waals surface area contributed by atoms with Crippen LogP contribution in [0.5, 0.6) is 0 Å². The van der Waals surface area contributed by atoms with Gasteiger partial charge in [-0.3, -0.25) is 9.59 Å². The Morgan fingerprint density at radius 1 is 1.42 bits per heavy atom. The summed E-state index contributed by atoms with van der Waals surface area (Å²) in [5, 5.41) is 9.05. The van der Waals surface area contributed by atoms with Gasteiger partial charge in [-0.1, -0.05) is 17.7 Å². The molecular formula is C14H18N2O3. The van der Waals surface area contributed by atoms with Crippen molar-refractivity contribution in [3.8, 4) is 0 Å². The molecular weight excluding hydrogens is 244 g/mol. The molecule has 0 saturated carbocycles. The predicted octanol–water partition coefficient (Wildman–Crippen LogP) is 1.12. The van der Waals surface area contributed by atoms with Crippen LogP contribution in [0.4, 0.5) is 5.69 Å². The lowest BCUT2D eigenvalue weighted by Crippen LogP contribution is -2.44. The van der Waals surface area contributed by atoms with Crippen molar-refractivity contribution in [3.05, 3.63) is 29.8 Å². The number of benzene rings is 1. The average molecular weight is 262 g/mol. The molecule has 1 amide bonds. The van der Waals surface area contributed by atoms with Gasteiger partial charge in [0.1, 0.15) is 12.6 Å². The van der Waals surface area contributed by atoms with Gasteiger partial charge in [0.25, 0.3) is 0 Å². The lowest BCUT2D eigenvalue weighted by Gasteiger charge is -2.28. The number of likely N-dealkylation sites (tertiary alicyclic amines) is 1. The first-order chi connectivity index (χ1) is 8.99. The van der Waals surface area contributed by atoms with E-state index >= 15 is 0 Å². The lowest BCUT2D eigenvalue weighted by molar-refractivity contribution is -0.135. The molecule has 1 aromatic carbocycles. The standard InChI is InChI=1S/C14H18N2O3/c1-10-3-5-11(6-4-10)16(9-13(17)18)12-7-8-15(2)14(12)19/h3-6,12H,7-9H2,1-2H3,(H,17,18). The molecule has 1 saturated heterocycles. The summed E-state index contributed by atoms with van der Waals surface area (Å²) in [6.45, 7) is 2.48. The van der Waals surface area contributed by atoms with Crippen molar-refractivity contribution < 1.29 is 14.7 Å². The van der Waals surface area contributed by atoms with E-state index in [0.29, 0.717) is 13.0 Å². The number of carbonyl (C=O) groups excluding carboxylic acids is 1. The predicted molar refractivity (Wildman–Crippen MR) is 72.2 cm³/mol. The molecule has 1 N–H and O–H groups in total. The van der Waals surface area contributed by atoms with Gasteiger partial charge in [0.2, 0.25) is 5.91 Å². The summed E-state index contributed by atoms with van der Waals surface area (Å²) >= 11 is 0. The molecule has 0 radical (unpaired) electrons. The minimum absolute atomic E-state index is 0.0122. The largest absolute Gasteiger partial charge is 0.480 e. The second-order valence-electron chi connectivity index (χ2n) is 4.92. The molecule has 1 heterocycles. The van der Waals surface area contributed by atoms with Gasteiger partial charge in [-0.05, 0) is 25.5 Å². The van der Waals surface area contributed by atoms with Crippen LogP contribution < -0.4 is 4.90 Å². The van der Waals surface area contributed by atoms with E-state index < -0.39 is 5.97 Å². The minimum atomic E-state index is -0.928. The van der Waals surface area contributed by atoms with Crippen molar-refractivity contribution in [2.75, 3.05) is 25.0 Å². The van der Waals surface area contributed by atoms with Crippen molar-refractivity contribution in [1.82, 2.24) is 4.90 Å². The smallest absolute Gasteiger partial charge is 0.323 e. The number of aryl methyl sites for hydroxylation is 1. The van der Waals surface area contributed by atoms with E-state index in [-0.39, 0.29) is 18.5 Å². The molecule has 1 aliphatic heterocycles. The van der Waals surface area contributed by atoms with E-state index in [1.807, 2.05) is 31.2 Å². The maximum absolute atomic E-state index is 12.1. The second-order valence-corrected chi connectivity index (χ2v) is 4.92. The highest BCUT2D eigenvalue weighted by atomic mass is 16.4. The molecule has 19 heavy (non-hydrogen) atoms. The van der Waals surface area contributed by atoms with Crippen molar-refractivity contribution >= 4 is 17.6 Å². The van der Waals surface area contributed by atoms with Crippen molar-refractivity contribution in [1.29, 1.82) is 0 Å². The maximum atomic E-state index is 12.1. The Morgan fingerprint density at radius 3 is 2.53 bits per heavy atom. The lowest BCUT2D eigenvalue weighted by atomic mass is 10.1. The number of likely N-dealkylation sites (N-methyl/N-ethyl adjacent to an activating group) is 1. The van der Waals surface area contributed by atoms with Crippen LogP contribution in [0.3, 0.4) is 0 Å². The highest BCUT2D eigenvalue weighted by Gasteiger charge is 2.35. The van der Waals surface area contributed by atoms with E-state index in [1.165, 1.54) is 0 Å². The number of carboxylic acid groups (broad SMARTS) is 1. The quantitative estimate of drug-likeness (QED) is 0.883. The highest BCUT2D eigenvalue weighted by molar-refractivity contribution is 5.89. The summed E-state index contributed by atoms with van der Waals surface area (Å²) in [7, 11) is 1.75. The number of hydrogen-bond acceptors (Lipinski definition) is 3. The second kappa shape index (κ2) is 5.30. The van der Waals surface area contributed by atoms with Crippen molar-refractivity contribution in [3.63, 3.8) is 0 Å². The first-order valence-corrected chi connectivity index (χ1v) is 6.29. The minimum Gasteiger partial charge on any atom is -0.480 e. The fraction of sp³-hybridized carbons (Fsp3) is 0.429. The van der Waals surface area contributed by atoms with Crippen LogP contribution in [-0.4, -0.2) is 48.1 Å². The third-order valence-corrected chi connectivity index (χ3v) is 3.45.